The summed E-state index contributed by atoms with van der Waals surface area (Å²) in [6.07, 6.45) is -7.10. The van der Waals surface area contributed by atoms with Gasteiger partial charge < -0.3 is 60.6 Å². The molecule has 0 aromatic carbocycles. The Kier molecular flexibility index (Phi) is 14.1. The van der Waals surface area contributed by atoms with Gasteiger partial charge in [0.1, 0.15) is 24.4 Å². The van der Waals surface area contributed by atoms with Gasteiger partial charge in [0.15, 0.2) is 23.8 Å². The van der Waals surface area contributed by atoms with Crippen LogP contribution < -0.4 is 21.3 Å². The van der Waals surface area contributed by atoms with Crippen molar-refractivity contribution >= 4 is 23.6 Å². The van der Waals surface area contributed by atoms with E-state index in [1.165, 1.54) is 0 Å². The summed E-state index contributed by atoms with van der Waals surface area (Å²) < 4.78 is 22.9. The number of fused-ring (bicyclic) bond motifs is 2. The number of hydrogen-bond donors (Lipinski definition) is 8. The Morgan fingerprint density at radius 2 is 0.913 bits per heavy atom. The summed E-state index contributed by atoms with van der Waals surface area (Å²) in [6.45, 7) is 6.35. The molecule has 0 aromatic rings. The summed E-state index contributed by atoms with van der Waals surface area (Å²) in [4.78, 5) is 50.5. The van der Waals surface area contributed by atoms with E-state index >= 15 is 0 Å². The Morgan fingerprint density at radius 1 is 0.543 bits per heavy atom. The summed E-state index contributed by atoms with van der Waals surface area (Å²) in [5.41, 5.74) is 0. The lowest BCUT2D eigenvalue weighted by Crippen LogP contribution is -2.52. The van der Waals surface area contributed by atoms with Crippen LogP contribution in [0.3, 0.4) is 0 Å². The van der Waals surface area contributed by atoms with Crippen molar-refractivity contribution in [1.29, 1.82) is 0 Å². The van der Waals surface area contributed by atoms with E-state index in [2.05, 4.69) is 21.3 Å². The van der Waals surface area contributed by atoms with Crippen molar-refractivity contribution in [2.24, 2.45) is 0 Å². The van der Waals surface area contributed by atoms with Crippen molar-refractivity contribution in [3.63, 3.8) is 0 Å². The molecule has 4 amide bonds. The molecule has 3 aliphatic heterocycles. The van der Waals surface area contributed by atoms with Crippen LogP contribution in [0.4, 0.5) is 0 Å². The first-order valence-electron chi connectivity index (χ1n) is 16.1. The Morgan fingerprint density at radius 3 is 1.28 bits per heavy atom. The number of carbonyl (C=O) groups excluding carboxylic acids is 4. The van der Waals surface area contributed by atoms with Crippen LogP contribution in [0, 0.1) is 0 Å². The third-order valence-corrected chi connectivity index (χ3v) is 8.01. The lowest BCUT2D eigenvalue weighted by molar-refractivity contribution is -0.164. The van der Waals surface area contributed by atoms with Gasteiger partial charge in [-0.05, 0) is 53.4 Å². The van der Waals surface area contributed by atoms with E-state index in [4.69, 9.17) is 18.9 Å². The second-order valence-electron chi connectivity index (χ2n) is 13.0. The highest BCUT2D eigenvalue weighted by atomic mass is 16.8. The average Bonchev–Trinajstić information content (AvgIpc) is 3.51. The second-order valence-corrected chi connectivity index (χ2v) is 13.0. The lowest BCUT2D eigenvalue weighted by Gasteiger charge is -2.26. The first kappa shape index (κ1) is 38.0. The molecule has 8 atom stereocenters. The smallest absolute Gasteiger partial charge is 0.252 e. The van der Waals surface area contributed by atoms with Crippen LogP contribution in [0.5, 0.6) is 0 Å². The monoisotopic (exact) mass is 660 g/mol. The quantitative estimate of drug-likeness (QED) is 0.142. The van der Waals surface area contributed by atoms with E-state index < -0.39 is 72.2 Å². The van der Waals surface area contributed by atoms with Gasteiger partial charge in [-0.25, -0.2) is 0 Å². The molecule has 0 aromatic heterocycles. The van der Waals surface area contributed by atoms with E-state index in [1.54, 1.807) is 27.7 Å². The maximum Gasteiger partial charge on any atom is 0.252 e. The van der Waals surface area contributed by atoms with Gasteiger partial charge in [-0.1, -0.05) is 12.8 Å². The van der Waals surface area contributed by atoms with E-state index in [-0.39, 0.29) is 50.8 Å². The van der Waals surface area contributed by atoms with E-state index in [1.807, 2.05) is 0 Å². The molecule has 46 heavy (non-hydrogen) atoms. The number of ether oxygens (including phenoxy) is 4. The second kappa shape index (κ2) is 17.1. The summed E-state index contributed by atoms with van der Waals surface area (Å²) in [5, 5.41) is 53.3. The number of carbonyl (C=O) groups is 4. The van der Waals surface area contributed by atoms with E-state index in [0.29, 0.717) is 38.5 Å². The zero-order valence-corrected chi connectivity index (χ0v) is 27.2. The standard InChI is InChI=1S/C30H52N4O12/c1-29(2)43-23-21(39)17(35)15-33-19(37)11-8-6-10-14-32-28(42)26-24(44-30(3,4)46-26)22(40)18(36)16-34-20(38)12-7-5-9-13-31-27(41)25(23)45-29/h17-18,21-26,35-36,39-40H,5-16H2,1-4H3,(H,31,41)(H,32,42)(H,33,37)(H,34,38)/t17-,18-,21-,22-,23+,24+,25+,26+/m1/s1. The summed E-state index contributed by atoms with van der Waals surface area (Å²) in [5.74, 6) is -4.12. The summed E-state index contributed by atoms with van der Waals surface area (Å²) >= 11 is 0. The van der Waals surface area contributed by atoms with Crippen molar-refractivity contribution in [3.8, 4) is 0 Å². The number of aliphatic hydroxyl groups is 4. The maximum absolute atomic E-state index is 12.9. The minimum atomic E-state index is -1.52. The van der Waals surface area contributed by atoms with Crippen LogP contribution in [0.1, 0.15) is 79.1 Å². The first-order valence-corrected chi connectivity index (χ1v) is 16.1. The number of amides is 4. The average molecular weight is 661 g/mol. The molecular weight excluding hydrogens is 608 g/mol. The van der Waals surface area contributed by atoms with Crippen molar-refractivity contribution in [3.05, 3.63) is 0 Å². The number of β-amino-alcohol motifs (C(OH)–C–C–N with tert-alkyl or cyclic N) is 2. The minimum absolute atomic E-state index is 0.147. The molecule has 0 radical (unpaired) electrons. The Balaban J connectivity index is 1.61. The van der Waals surface area contributed by atoms with Gasteiger partial charge in [-0.2, -0.15) is 0 Å². The van der Waals surface area contributed by atoms with Crippen LogP contribution in [0.15, 0.2) is 0 Å². The topological polar surface area (TPSA) is 234 Å². The normalized spacial score (nSPS) is 36.5. The summed E-state index contributed by atoms with van der Waals surface area (Å²) in [6, 6.07) is 0. The van der Waals surface area contributed by atoms with Gasteiger partial charge in [-0.15, -0.1) is 0 Å². The maximum atomic E-state index is 12.9. The van der Waals surface area contributed by atoms with Gasteiger partial charge in [0, 0.05) is 39.0 Å². The zero-order valence-electron chi connectivity index (χ0n) is 27.2. The molecular formula is C30H52N4O12. The SMILES string of the molecule is CC1(C)O[C@H]2[C@H](O)[C@H](O)CNC(=O)CCCCCNC(=O)[C@H]3OC(C)(C)O[C@H]3[C@H](O)[C@H](O)CNC(=O)CCCCCNC(=O)[C@H]2O1. The van der Waals surface area contributed by atoms with Crippen molar-refractivity contribution in [2.45, 2.75) is 139 Å². The predicted molar refractivity (Wildman–Crippen MR) is 161 cm³/mol. The molecule has 8 N–H and O–H groups in total. The highest BCUT2D eigenvalue weighted by molar-refractivity contribution is 5.82. The molecule has 0 saturated carbocycles. The number of aliphatic hydroxyl groups excluding tert-OH is 4. The van der Waals surface area contributed by atoms with Crippen molar-refractivity contribution in [2.75, 3.05) is 26.2 Å². The predicted octanol–water partition coefficient (Wildman–Crippen LogP) is -1.93. The minimum Gasteiger partial charge on any atom is -0.388 e. The number of nitrogens with one attached hydrogen (secondary N) is 4. The fraction of sp³-hybridized carbons (Fsp3) is 0.867. The highest BCUT2D eigenvalue weighted by Gasteiger charge is 2.51. The molecule has 3 fully saturated rings. The molecule has 16 nitrogen and oxygen atoms in total. The van der Waals surface area contributed by atoms with Gasteiger partial charge in [0.25, 0.3) is 11.8 Å². The molecule has 3 aliphatic rings. The van der Waals surface area contributed by atoms with Crippen LogP contribution >= 0.6 is 0 Å². The van der Waals surface area contributed by atoms with Gasteiger partial charge >= 0.3 is 0 Å². The van der Waals surface area contributed by atoms with Crippen molar-refractivity contribution in [1.82, 2.24) is 21.3 Å². The van der Waals surface area contributed by atoms with Gasteiger partial charge in [-0.3, -0.25) is 19.2 Å². The zero-order chi connectivity index (χ0) is 34.1. The molecule has 16 heteroatoms. The first-order chi connectivity index (χ1) is 21.6. The van der Waals surface area contributed by atoms with Gasteiger partial charge in [0.2, 0.25) is 11.8 Å². The fourth-order valence-corrected chi connectivity index (χ4v) is 5.58. The Labute approximate surface area is 269 Å². The van der Waals surface area contributed by atoms with Crippen LogP contribution in [0.25, 0.3) is 0 Å². The molecule has 0 aliphatic carbocycles. The molecule has 264 valence electrons. The van der Waals surface area contributed by atoms with Crippen LogP contribution in [0.2, 0.25) is 0 Å². The van der Waals surface area contributed by atoms with E-state index in [0.717, 1.165) is 0 Å². The number of hydrogen-bond acceptors (Lipinski definition) is 12. The molecule has 0 unspecified atom stereocenters. The third kappa shape index (κ3) is 11.4. The van der Waals surface area contributed by atoms with Crippen LogP contribution in [-0.2, 0) is 38.1 Å². The van der Waals surface area contributed by atoms with Crippen LogP contribution in [-0.4, -0.2) is 131 Å². The molecule has 3 rings (SSSR count). The molecule has 0 spiro atoms. The molecule has 0 bridgehead atoms. The molecule has 3 heterocycles. The van der Waals surface area contributed by atoms with E-state index in [9.17, 15) is 39.6 Å². The number of rotatable bonds is 0. The molecule has 3 saturated heterocycles. The highest BCUT2D eigenvalue weighted by Crippen LogP contribution is 2.32. The Hall–Kier alpha value is -2.44. The Bertz CT molecular complexity index is 963. The van der Waals surface area contributed by atoms with Crippen molar-refractivity contribution < 1.29 is 58.6 Å². The third-order valence-electron chi connectivity index (χ3n) is 8.01. The summed E-state index contributed by atoms with van der Waals surface area (Å²) in [7, 11) is 0. The lowest BCUT2D eigenvalue weighted by atomic mass is 10.0. The van der Waals surface area contributed by atoms with Gasteiger partial charge in [0.05, 0.1) is 12.2 Å². The largest absolute Gasteiger partial charge is 0.388 e. The fourth-order valence-electron chi connectivity index (χ4n) is 5.58.